The third-order valence-corrected chi connectivity index (χ3v) is 26.5. The Hall–Kier alpha value is 3.46. The fraction of sp³-hybridized carbons (Fsp3) is 0.889. The largest absolute Gasteiger partial charge is 0.151 e. The van der Waals surface area contributed by atoms with Crippen molar-refractivity contribution in [2.45, 2.75) is 24.9 Å². The molecule has 0 saturated carbocycles. The molecule has 0 heterocycles. The van der Waals surface area contributed by atoms with Crippen LogP contribution in [-0.2, 0) is 23.6 Å². The molecule has 0 N–H and O–H groups in total. The molecule has 0 radical (unpaired) electrons. The first kappa shape index (κ1) is 29.5. The van der Waals surface area contributed by atoms with Gasteiger partial charge in [-0.25, -0.2) is 0 Å². The van der Waals surface area contributed by atoms with Crippen molar-refractivity contribution in [1.82, 2.24) is 0 Å². The molecule has 1 aliphatic rings. The average Bonchev–Trinajstić information content (AvgIpc) is 2.48. The second-order valence-electron chi connectivity index (χ2n) is 9.08. The molecule has 0 nitrogen and oxygen atoms in total. The maximum atomic E-state index is 5.99. The van der Waals surface area contributed by atoms with Crippen molar-refractivity contribution in [1.29, 1.82) is 0 Å². The van der Waals surface area contributed by atoms with Crippen LogP contribution in [0, 0.1) is 5.92 Å². The summed E-state index contributed by atoms with van der Waals surface area (Å²) in [5, 5.41) is 0. The number of hydrogen-bond acceptors (Lipinski definition) is 4. The summed E-state index contributed by atoms with van der Waals surface area (Å²) in [6, 6.07) is -2.36. The standard InChI is InChI=1S/C18H40P6S4/c1-19(25)13-21(15-23(3,4)27)12-18(17-10-8-7-9-11-17)22(14-20(2)26)16-24(5,6)28/h7-8,17-18,25-26H,9-16H2,1-6H3. The molecule has 0 aliphatic heterocycles. The molecule has 0 saturated heterocycles. The molecule has 0 aromatic rings. The third-order valence-electron chi connectivity index (χ3n) is 4.62. The quantitative estimate of drug-likeness (QED) is 0.137. The zero-order chi connectivity index (χ0) is 21.5. The Balaban J connectivity index is 3.16. The maximum Gasteiger partial charge on any atom is -0.00268 e. The van der Waals surface area contributed by atoms with E-state index >= 15 is 0 Å². The molecule has 0 fully saturated rings. The summed E-state index contributed by atoms with van der Waals surface area (Å²) in [5.74, 6) is 6.19. The second kappa shape index (κ2) is 14.0. The first-order chi connectivity index (χ1) is 12.8. The molecule has 10 heteroatoms. The van der Waals surface area contributed by atoms with Crippen molar-refractivity contribution < 1.29 is 0 Å². The highest BCUT2D eigenvalue weighted by atomic mass is 32.7. The fourth-order valence-electron chi connectivity index (χ4n) is 3.88. The second-order valence-corrected chi connectivity index (χ2v) is 36.1. The maximum absolute atomic E-state index is 5.99. The summed E-state index contributed by atoms with van der Waals surface area (Å²) in [4.78, 5) is 0. The van der Waals surface area contributed by atoms with Gasteiger partial charge < -0.3 is 0 Å². The van der Waals surface area contributed by atoms with Gasteiger partial charge in [0, 0.05) is 0 Å². The van der Waals surface area contributed by atoms with Crippen LogP contribution in [0.2, 0.25) is 0 Å². The summed E-state index contributed by atoms with van der Waals surface area (Å²) in [6.45, 7) is 14.1. The Kier molecular flexibility index (Phi) is 14.7. The molecular weight excluding hydrogens is 530 g/mol. The molecule has 6 unspecified atom stereocenters. The lowest BCUT2D eigenvalue weighted by Gasteiger charge is -2.40. The first-order valence-electron chi connectivity index (χ1n) is 9.76. The lowest BCUT2D eigenvalue weighted by atomic mass is 9.92. The number of rotatable bonds is 12. The molecule has 166 valence electrons. The highest BCUT2D eigenvalue weighted by Crippen LogP contribution is 2.67. The smallest absolute Gasteiger partial charge is 0.00268 e. The van der Waals surface area contributed by atoms with Gasteiger partial charge in [0.25, 0.3) is 0 Å². The molecule has 0 aromatic heterocycles. The van der Waals surface area contributed by atoms with Gasteiger partial charge in [-0.2, -0.15) is 24.5 Å². The lowest BCUT2D eigenvalue weighted by Crippen LogP contribution is -2.26. The van der Waals surface area contributed by atoms with E-state index in [1.807, 2.05) is 0 Å². The van der Waals surface area contributed by atoms with Crippen LogP contribution in [-0.4, -0.2) is 75.4 Å². The van der Waals surface area contributed by atoms with E-state index in [1.54, 1.807) is 0 Å². The zero-order valence-corrected chi connectivity index (χ0v) is 27.1. The van der Waals surface area contributed by atoms with Gasteiger partial charge in [0.1, 0.15) is 0 Å². The van der Waals surface area contributed by atoms with Gasteiger partial charge in [0.05, 0.1) is 0 Å². The minimum atomic E-state index is -1.19. The van der Waals surface area contributed by atoms with Gasteiger partial charge in [-0.1, -0.05) is 51.6 Å². The third kappa shape index (κ3) is 13.9. The van der Waals surface area contributed by atoms with Crippen molar-refractivity contribution in [3.8, 4) is 0 Å². The average molecular weight is 571 g/mol. The number of hydrogen-bond donors (Lipinski definition) is 2. The highest BCUT2D eigenvalue weighted by molar-refractivity contribution is 8.46. The van der Waals surface area contributed by atoms with Gasteiger partial charge in [-0.3, -0.25) is 0 Å². The Morgan fingerprint density at radius 1 is 0.964 bits per heavy atom. The first-order valence-corrected chi connectivity index (χ1v) is 27.5. The monoisotopic (exact) mass is 570 g/mol. The fourth-order valence-corrected chi connectivity index (χ4v) is 29.8. The van der Waals surface area contributed by atoms with Gasteiger partial charge >= 0.3 is 0 Å². The minimum absolute atomic E-state index is 0.00103. The van der Waals surface area contributed by atoms with E-state index in [0.29, 0.717) is 0 Å². The highest BCUT2D eigenvalue weighted by Gasteiger charge is 2.33. The van der Waals surface area contributed by atoms with Crippen molar-refractivity contribution in [3.05, 3.63) is 12.2 Å². The van der Waals surface area contributed by atoms with Crippen molar-refractivity contribution in [3.63, 3.8) is 0 Å². The van der Waals surface area contributed by atoms with E-state index < -0.39 is 12.1 Å². The van der Waals surface area contributed by atoms with Crippen molar-refractivity contribution in [2.24, 2.45) is 5.92 Å². The predicted octanol–water partition coefficient (Wildman–Crippen LogP) is 8.90. The minimum Gasteiger partial charge on any atom is -0.151 e. The van der Waals surface area contributed by atoms with E-state index in [9.17, 15) is 0 Å². The zero-order valence-electron chi connectivity index (χ0n) is 18.4. The van der Waals surface area contributed by atoms with Gasteiger partial charge in [0.15, 0.2) is 0 Å². The van der Waals surface area contributed by atoms with Crippen LogP contribution < -0.4 is 0 Å². The van der Waals surface area contributed by atoms with Crippen molar-refractivity contribution in [2.75, 3.05) is 69.8 Å². The Morgan fingerprint density at radius 3 is 1.96 bits per heavy atom. The van der Waals surface area contributed by atoms with E-state index in [2.05, 4.69) is 52.1 Å². The molecule has 28 heavy (non-hydrogen) atoms. The summed E-state index contributed by atoms with van der Waals surface area (Å²) < 4.78 is 0. The summed E-state index contributed by atoms with van der Waals surface area (Å²) in [6.07, 6.45) is 10.2. The van der Waals surface area contributed by atoms with Crippen LogP contribution in [0.1, 0.15) is 19.3 Å². The van der Waals surface area contributed by atoms with Gasteiger partial charge in [0.2, 0.25) is 0 Å². The van der Waals surface area contributed by atoms with Crippen LogP contribution in [0.4, 0.5) is 0 Å². The topological polar surface area (TPSA) is 0 Å². The SMILES string of the molecule is CP(S)CP(CC(C1CC=CCC1)P(CP(C)S)CP(C)(C)=S)CP(C)(C)=S. The predicted molar refractivity (Wildman–Crippen MR) is 164 cm³/mol. The van der Waals surface area contributed by atoms with Crippen LogP contribution >= 0.6 is 66.7 Å². The van der Waals surface area contributed by atoms with Crippen LogP contribution in [0.5, 0.6) is 0 Å². The van der Waals surface area contributed by atoms with Gasteiger partial charge in [-0.05, 0) is 127 Å². The van der Waals surface area contributed by atoms with Gasteiger partial charge in [-0.15, -0.1) is 0 Å². The molecule has 0 aromatic carbocycles. The summed E-state index contributed by atoms with van der Waals surface area (Å²) >= 11 is 21.7. The van der Waals surface area contributed by atoms with Crippen LogP contribution in [0.3, 0.4) is 0 Å². The molecule has 6 atom stereocenters. The molecule has 1 aliphatic carbocycles. The summed E-state index contributed by atoms with van der Waals surface area (Å²) in [5.41, 5.74) is 0.871. The molecule has 0 bridgehead atoms. The van der Waals surface area contributed by atoms with Crippen LogP contribution in [0.15, 0.2) is 12.2 Å². The van der Waals surface area contributed by atoms with E-state index in [0.717, 1.165) is 11.6 Å². The Morgan fingerprint density at radius 2 is 1.54 bits per heavy atom. The lowest BCUT2D eigenvalue weighted by molar-refractivity contribution is 0.475. The normalized spacial score (nSPS) is 23.8. The van der Waals surface area contributed by atoms with Crippen molar-refractivity contribution >= 4 is 90.3 Å². The molecule has 0 amide bonds. The van der Waals surface area contributed by atoms with Crippen LogP contribution in [0.25, 0.3) is 0 Å². The Bertz CT molecular complexity index is 583. The molecule has 0 spiro atoms. The Labute approximate surface area is 201 Å². The van der Waals surface area contributed by atoms with E-state index in [4.69, 9.17) is 48.1 Å². The number of allylic oxidation sites excluding steroid dienone is 2. The van der Waals surface area contributed by atoms with E-state index in [1.165, 1.54) is 49.0 Å². The number of thiol groups is 2. The molecular formula is C18H40P6S4. The molecule has 1 rings (SSSR count). The van der Waals surface area contributed by atoms with E-state index in [-0.39, 0.29) is 30.1 Å². The summed E-state index contributed by atoms with van der Waals surface area (Å²) in [7, 11) is -0.330.